The van der Waals surface area contributed by atoms with Crippen LogP contribution in [0.1, 0.15) is 18.9 Å². The first kappa shape index (κ1) is 14.9. The van der Waals surface area contributed by atoms with Crippen LogP contribution in [0.15, 0.2) is 24.3 Å². The predicted molar refractivity (Wildman–Crippen MR) is 76.6 cm³/mol. The molecule has 0 bridgehead atoms. The Hall–Kier alpha value is -1.55. The van der Waals surface area contributed by atoms with Crippen molar-refractivity contribution in [3.63, 3.8) is 0 Å². The molecule has 1 saturated heterocycles. The summed E-state index contributed by atoms with van der Waals surface area (Å²) in [5.41, 5.74) is 0.893. The lowest BCUT2D eigenvalue weighted by Gasteiger charge is -2.34. The van der Waals surface area contributed by atoms with Crippen molar-refractivity contribution in [1.29, 1.82) is 0 Å². The van der Waals surface area contributed by atoms with E-state index in [2.05, 4.69) is 0 Å². The molecule has 0 aliphatic carbocycles. The van der Waals surface area contributed by atoms with Gasteiger partial charge < -0.3 is 10.0 Å². The highest BCUT2D eigenvalue weighted by Crippen LogP contribution is 2.22. The maximum Gasteiger partial charge on any atom is 0.308 e. The number of aliphatic carboxylic acids is 1. The first-order valence-corrected chi connectivity index (χ1v) is 7.08. The molecule has 0 radical (unpaired) electrons. The SMILES string of the molecule is CC1CC(C(=O)O)CN(C(=O)Cc2ccc(Cl)cc2)C1. The number of carbonyl (C=O) groups excluding carboxylic acids is 1. The van der Waals surface area contributed by atoms with Gasteiger partial charge in [0.15, 0.2) is 0 Å². The molecule has 1 aliphatic heterocycles. The molecule has 1 aliphatic rings. The van der Waals surface area contributed by atoms with Crippen molar-refractivity contribution in [1.82, 2.24) is 4.90 Å². The molecule has 108 valence electrons. The van der Waals surface area contributed by atoms with Gasteiger partial charge in [0.25, 0.3) is 0 Å². The summed E-state index contributed by atoms with van der Waals surface area (Å²) in [6, 6.07) is 7.15. The summed E-state index contributed by atoms with van der Waals surface area (Å²) >= 11 is 5.81. The smallest absolute Gasteiger partial charge is 0.308 e. The van der Waals surface area contributed by atoms with Gasteiger partial charge in [-0.25, -0.2) is 0 Å². The Bertz CT molecular complexity index is 500. The number of hydrogen-bond donors (Lipinski definition) is 1. The van der Waals surface area contributed by atoms with Crippen LogP contribution >= 0.6 is 11.6 Å². The van der Waals surface area contributed by atoms with Gasteiger partial charge in [-0.1, -0.05) is 30.7 Å². The number of nitrogens with zero attached hydrogens (tertiary/aromatic N) is 1. The van der Waals surface area contributed by atoms with E-state index in [1.165, 1.54) is 0 Å². The second-order valence-electron chi connectivity index (χ2n) is 5.48. The Kier molecular flexibility index (Phi) is 4.65. The van der Waals surface area contributed by atoms with Gasteiger partial charge in [-0.15, -0.1) is 0 Å². The Balaban J connectivity index is 2.01. The zero-order valence-corrected chi connectivity index (χ0v) is 12.1. The molecule has 5 heteroatoms. The fraction of sp³-hybridized carbons (Fsp3) is 0.467. The average molecular weight is 296 g/mol. The lowest BCUT2D eigenvalue weighted by molar-refractivity contribution is -0.146. The number of rotatable bonds is 3. The third kappa shape index (κ3) is 3.73. The fourth-order valence-electron chi connectivity index (χ4n) is 2.62. The highest BCUT2D eigenvalue weighted by molar-refractivity contribution is 6.30. The zero-order chi connectivity index (χ0) is 14.7. The van der Waals surface area contributed by atoms with Gasteiger partial charge in [0.2, 0.25) is 5.91 Å². The molecule has 0 spiro atoms. The molecule has 2 unspecified atom stereocenters. The second-order valence-corrected chi connectivity index (χ2v) is 5.91. The van der Waals surface area contributed by atoms with Crippen LogP contribution < -0.4 is 0 Å². The van der Waals surface area contributed by atoms with Gasteiger partial charge in [0.1, 0.15) is 0 Å². The van der Waals surface area contributed by atoms with Crippen LogP contribution in [-0.4, -0.2) is 35.0 Å². The Morgan fingerprint density at radius 3 is 2.55 bits per heavy atom. The van der Waals surface area contributed by atoms with E-state index in [0.717, 1.165) is 5.56 Å². The van der Waals surface area contributed by atoms with Crippen molar-refractivity contribution >= 4 is 23.5 Å². The van der Waals surface area contributed by atoms with Gasteiger partial charge in [-0.05, 0) is 30.0 Å². The lowest BCUT2D eigenvalue weighted by atomic mass is 9.90. The van der Waals surface area contributed by atoms with E-state index in [1.807, 2.05) is 19.1 Å². The normalized spacial score (nSPS) is 22.6. The third-order valence-electron chi connectivity index (χ3n) is 3.63. The number of halogens is 1. The van der Waals surface area contributed by atoms with Crippen LogP contribution in [-0.2, 0) is 16.0 Å². The van der Waals surface area contributed by atoms with Crippen LogP contribution in [0.3, 0.4) is 0 Å². The van der Waals surface area contributed by atoms with E-state index >= 15 is 0 Å². The Morgan fingerprint density at radius 1 is 1.30 bits per heavy atom. The van der Waals surface area contributed by atoms with Crippen LogP contribution in [0, 0.1) is 11.8 Å². The summed E-state index contributed by atoms with van der Waals surface area (Å²) in [6.45, 7) is 2.93. The molecule has 0 saturated carbocycles. The molecule has 2 rings (SSSR count). The van der Waals surface area contributed by atoms with E-state index in [-0.39, 0.29) is 18.2 Å². The maximum atomic E-state index is 12.3. The molecule has 4 nitrogen and oxygen atoms in total. The van der Waals surface area contributed by atoms with Gasteiger partial charge in [0.05, 0.1) is 12.3 Å². The summed E-state index contributed by atoms with van der Waals surface area (Å²) in [6.07, 6.45) is 0.927. The van der Waals surface area contributed by atoms with E-state index < -0.39 is 11.9 Å². The van der Waals surface area contributed by atoms with E-state index in [1.54, 1.807) is 17.0 Å². The third-order valence-corrected chi connectivity index (χ3v) is 3.88. The molecule has 1 fully saturated rings. The number of carboxylic acids is 1. The van der Waals surface area contributed by atoms with Crippen LogP contribution in [0.5, 0.6) is 0 Å². The number of carboxylic acid groups (broad SMARTS) is 1. The molecular formula is C15H18ClNO3. The maximum absolute atomic E-state index is 12.3. The molecule has 1 aromatic rings. The van der Waals surface area contributed by atoms with E-state index in [9.17, 15) is 9.59 Å². The van der Waals surface area contributed by atoms with E-state index in [0.29, 0.717) is 24.5 Å². The highest BCUT2D eigenvalue weighted by Gasteiger charge is 2.31. The van der Waals surface area contributed by atoms with Crippen molar-refractivity contribution in [3.05, 3.63) is 34.9 Å². The average Bonchev–Trinajstić information content (AvgIpc) is 2.40. The molecule has 2 atom stereocenters. The molecular weight excluding hydrogens is 278 g/mol. The summed E-state index contributed by atoms with van der Waals surface area (Å²) in [5.74, 6) is -1.07. The van der Waals surface area contributed by atoms with Gasteiger partial charge >= 0.3 is 5.97 Å². The molecule has 1 heterocycles. The minimum atomic E-state index is -0.819. The van der Waals surface area contributed by atoms with Crippen LogP contribution in [0.25, 0.3) is 0 Å². The highest BCUT2D eigenvalue weighted by atomic mass is 35.5. The van der Waals surface area contributed by atoms with Gasteiger partial charge in [0, 0.05) is 18.1 Å². The van der Waals surface area contributed by atoms with Crippen LogP contribution in [0.2, 0.25) is 5.02 Å². The monoisotopic (exact) mass is 295 g/mol. The van der Waals surface area contributed by atoms with Crippen molar-refractivity contribution in [2.24, 2.45) is 11.8 Å². The quantitative estimate of drug-likeness (QED) is 0.932. The van der Waals surface area contributed by atoms with Gasteiger partial charge in [-0.2, -0.15) is 0 Å². The molecule has 1 N–H and O–H groups in total. The minimum absolute atomic E-state index is 0.0230. The number of carbonyl (C=O) groups is 2. The van der Waals surface area contributed by atoms with Gasteiger partial charge in [-0.3, -0.25) is 9.59 Å². The number of benzene rings is 1. The molecule has 20 heavy (non-hydrogen) atoms. The van der Waals surface area contributed by atoms with Crippen molar-refractivity contribution < 1.29 is 14.7 Å². The summed E-state index contributed by atoms with van der Waals surface area (Å²) in [5, 5.41) is 9.76. The molecule has 1 amide bonds. The fourth-order valence-corrected chi connectivity index (χ4v) is 2.75. The second kappa shape index (κ2) is 6.27. The summed E-state index contributed by atoms with van der Waals surface area (Å²) < 4.78 is 0. The standard InChI is InChI=1S/C15H18ClNO3/c1-10-6-12(15(19)20)9-17(8-10)14(18)7-11-2-4-13(16)5-3-11/h2-5,10,12H,6-9H2,1H3,(H,19,20). The lowest BCUT2D eigenvalue weighted by Crippen LogP contribution is -2.46. The molecule has 0 aromatic heterocycles. The van der Waals surface area contributed by atoms with Crippen molar-refractivity contribution in [3.8, 4) is 0 Å². The summed E-state index contributed by atoms with van der Waals surface area (Å²) in [4.78, 5) is 25.0. The largest absolute Gasteiger partial charge is 0.481 e. The number of piperidine rings is 1. The van der Waals surface area contributed by atoms with Crippen molar-refractivity contribution in [2.75, 3.05) is 13.1 Å². The first-order chi connectivity index (χ1) is 9.45. The topological polar surface area (TPSA) is 57.6 Å². The number of likely N-dealkylation sites (tertiary alicyclic amines) is 1. The molecule has 1 aromatic carbocycles. The Morgan fingerprint density at radius 2 is 1.95 bits per heavy atom. The number of amides is 1. The minimum Gasteiger partial charge on any atom is -0.481 e. The number of hydrogen-bond acceptors (Lipinski definition) is 2. The predicted octanol–water partition coefficient (Wildman–Crippen LogP) is 2.45. The van der Waals surface area contributed by atoms with Crippen LogP contribution in [0.4, 0.5) is 0 Å². The summed E-state index contributed by atoms with van der Waals surface area (Å²) in [7, 11) is 0. The van der Waals surface area contributed by atoms with Crippen molar-refractivity contribution in [2.45, 2.75) is 19.8 Å². The first-order valence-electron chi connectivity index (χ1n) is 6.70. The zero-order valence-electron chi connectivity index (χ0n) is 11.4. The Labute approximate surface area is 123 Å². The van der Waals surface area contributed by atoms with E-state index in [4.69, 9.17) is 16.7 Å².